The van der Waals surface area contributed by atoms with Crippen LogP contribution in [0.1, 0.15) is 40.2 Å². The van der Waals surface area contributed by atoms with Gasteiger partial charge in [0, 0.05) is 11.1 Å². The molecule has 0 unspecified atom stereocenters. The van der Waals surface area contributed by atoms with E-state index < -0.39 is 0 Å². The molecule has 3 heteroatoms. The highest BCUT2D eigenvalue weighted by atomic mass is 16.4. The SMILES string of the molecule is CC.CC(C)(C)c1ccc(-c2nnc(-c3ccc(-c4ccccc4)cc3)o2)cc1. The van der Waals surface area contributed by atoms with Gasteiger partial charge in [-0.3, -0.25) is 0 Å². The van der Waals surface area contributed by atoms with Gasteiger partial charge in [0.1, 0.15) is 0 Å². The van der Waals surface area contributed by atoms with Crippen molar-refractivity contribution in [3.8, 4) is 34.0 Å². The molecule has 1 heterocycles. The average molecular weight is 385 g/mol. The Labute approximate surface area is 173 Å². The minimum Gasteiger partial charge on any atom is -0.416 e. The van der Waals surface area contributed by atoms with E-state index in [4.69, 9.17) is 4.42 Å². The fourth-order valence-electron chi connectivity index (χ4n) is 3.01. The van der Waals surface area contributed by atoms with Crippen LogP contribution in [0.2, 0.25) is 0 Å². The van der Waals surface area contributed by atoms with Crippen LogP contribution in [0.15, 0.2) is 83.3 Å². The summed E-state index contributed by atoms with van der Waals surface area (Å²) in [5.74, 6) is 1.07. The van der Waals surface area contributed by atoms with Gasteiger partial charge < -0.3 is 4.42 Å². The van der Waals surface area contributed by atoms with Gasteiger partial charge in [0.25, 0.3) is 0 Å². The van der Waals surface area contributed by atoms with Crippen LogP contribution in [0.25, 0.3) is 34.0 Å². The fourth-order valence-corrected chi connectivity index (χ4v) is 3.01. The molecular formula is C26H28N2O. The Morgan fingerprint density at radius 3 is 1.45 bits per heavy atom. The predicted octanol–water partition coefficient (Wildman–Crippen LogP) is 7.39. The van der Waals surface area contributed by atoms with Crippen LogP contribution >= 0.6 is 0 Å². The van der Waals surface area contributed by atoms with Gasteiger partial charge in [-0.15, -0.1) is 10.2 Å². The van der Waals surface area contributed by atoms with Crippen LogP contribution in [-0.2, 0) is 5.41 Å². The van der Waals surface area contributed by atoms with Gasteiger partial charge in [-0.2, -0.15) is 0 Å². The van der Waals surface area contributed by atoms with Gasteiger partial charge >= 0.3 is 0 Å². The molecule has 0 bridgehead atoms. The van der Waals surface area contributed by atoms with Crippen LogP contribution in [0.4, 0.5) is 0 Å². The summed E-state index contributed by atoms with van der Waals surface area (Å²) in [4.78, 5) is 0. The van der Waals surface area contributed by atoms with Gasteiger partial charge in [0.05, 0.1) is 0 Å². The third-order valence-electron chi connectivity index (χ3n) is 4.66. The van der Waals surface area contributed by atoms with Crippen LogP contribution < -0.4 is 0 Å². The van der Waals surface area contributed by atoms with Gasteiger partial charge in [0.15, 0.2) is 0 Å². The standard InChI is InChI=1S/C24H22N2O.C2H6/c1-24(2,3)21-15-13-20(14-16-21)23-26-25-22(27-23)19-11-9-18(10-12-19)17-7-5-4-6-8-17;1-2/h4-16H,1-3H3;1-2H3. The van der Waals surface area contributed by atoms with Crippen LogP contribution in [-0.4, -0.2) is 10.2 Å². The Bertz CT molecular complexity index is 1020. The molecule has 3 nitrogen and oxygen atoms in total. The molecule has 0 aliphatic heterocycles. The van der Waals surface area contributed by atoms with Crippen molar-refractivity contribution >= 4 is 0 Å². The second-order valence-electron chi connectivity index (χ2n) is 7.68. The maximum absolute atomic E-state index is 5.90. The van der Waals surface area contributed by atoms with Crippen molar-refractivity contribution in [2.45, 2.75) is 40.0 Å². The molecule has 0 amide bonds. The molecule has 4 rings (SSSR count). The topological polar surface area (TPSA) is 38.9 Å². The van der Waals surface area contributed by atoms with E-state index in [1.54, 1.807) is 0 Å². The molecule has 0 radical (unpaired) electrons. The normalized spacial score (nSPS) is 10.9. The van der Waals surface area contributed by atoms with E-state index in [-0.39, 0.29) is 5.41 Å². The average Bonchev–Trinajstić information content (AvgIpc) is 3.26. The molecule has 148 valence electrons. The van der Waals surface area contributed by atoms with E-state index in [0.29, 0.717) is 11.8 Å². The molecule has 4 aromatic rings. The molecule has 0 N–H and O–H groups in total. The number of nitrogens with zero attached hydrogens (tertiary/aromatic N) is 2. The smallest absolute Gasteiger partial charge is 0.248 e. The second kappa shape index (κ2) is 8.87. The first-order valence-corrected chi connectivity index (χ1v) is 10.1. The monoisotopic (exact) mass is 384 g/mol. The largest absolute Gasteiger partial charge is 0.416 e. The quantitative estimate of drug-likeness (QED) is 0.369. The van der Waals surface area contributed by atoms with E-state index in [1.165, 1.54) is 11.1 Å². The lowest BCUT2D eigenvalue weighted by Crippen LogP contribution is -2.10. The molecule has 0 atom stereocenters. The summed E-state index contributed by atoms with van der Waals surface area (Å²) < 4.78 is 5.90. The lowest BCUT2D eigenvalue weighted by molar-refractivity contribution is 0.582. The van der Waals surface area contributed by atoms with E-state index >= 15 is 0 Å². The Morgan fingerprint density at radius 1 is 0.552 bits per heavy atom. The first-order valence-electron chi connectivity index (χ1n) is 10.1. The third kappa shape index (κ3) is 4.80. The molecule has 1 aromatic heterocycles. The van der Waals surface area contributed by atoms with Crippen LogP contribution in [0.5, 0.6) is 0 Å². The first-order chi connectivity index (χ1) is 14.0. The number of hydrogen-bond acceptors (Lipinski definition) is 3. The Hall–Kier alpha value is -3.20. The molecule has 3 aromatic carbocycles. The highest BCUT2D eigenvalue weighted by molar-refractivity contribution is 5.67. The minimum absolute atomic E-state index is 0.124. The number of hydrogen-bond donors (Lipinski definition) is 0. The van der Waals surface area contributed by atoms with Gasteiger partial charge in [0.2, 0.25) is 11.8 Å². The highest BCUT2D eigenvalue weighted by Crippen LogP contribution is 2.28. The van der Waals surface area contributed by atoms with E-state index in [2.05, 4.69) is 67.4 Å². The molecule has 0 saturated carbocycles. The molecule has 0 saturated heterocycles. The molecular weight excluding hydrogens is 356 g/mol. The Kier molecular flexibility index (Phi) is 6.28. The molecule has 29 heavy (non-hydrogen) atoms. The van der Waals surface area contributed by atoms with Crippen LogP contribution in [0.3, 0.4) is 0 Å². The van der Waals surface area contributed by atoms with Crippen molar-refractivity contribution in [3.05, 3.63) is 84.4 Å². The summed E-state index contributed by atoms with van der Waals surface area (Å²) in [6.07, 6.45) is 0. The van der Waals surface area contributed by atoms with Crippen molar-refractivity contribution < 1.29 is 4.42 Å². The molecule has 0 aliphatic carbocycles. The lowest BCUT2D eigenvalue weighted by atomic mass is 9.87. The first kappa shape index (κ1) is 20.5. The van der Waals surface area contributed by atoms with Crippen molar-refractivity contribution in [1.29, 1.82) is 0 Å². The molecule has 0 aliphatic rings. The Balaban J connectivity index is 0.00000117. The van der Waals surface area contributed by atoms with Crippen LogP contribution in [0, 0.1) is 0 Å². The summed E-state index contributed by atoms with van der Waals surface area (Å²) in [5.41, 5.74) is 5.61. The van der Waals surface area contributed by atoms with Crippen molar-refractivity contribution in [3.63, 3.8) is 0 Å². The zero-order chi connectivity index (χ0) is 20.9. The number of benzene rings is 3. The second-order valence-corrected chi connectivity index (χ2v) is 7.68. The molecule has 0 fully saturated rings. The minimum atomic E-state index is 0.124. The van der Waals surface area contributed by atoms with Gasteiger partial charge in [-0.1, -0.05) is 89.2 Å². The summed E-state index contributed by atoms with van der Waals surface area (Å²) in [6, 6.07) is 26.8. The summed E-state index contributed by atoms with van der Waals surface area (Å²) in [5, 5.41) is 8.44. The number of aromatic nitrogens is 2. The highest BCUT2D eigenvalue weighted by Gasteiger charge is 2.15. The zero-order valence-corrected chi connectivity index (χ0v) is 17.8. The lowest BCUT2D eigenvalue weighted by Gasteiger charge is -2.18. The molecule has 0 spiro atoms. The summed E-state index contributed by atoms with van der Waals surface area (Å²) >= 11 is 0. The van der Waals surface area contributed by atoms with E-state index in [9.17, 15) is 0 Å². The van der Waals surface area contributed by atoms with Gasteiger partial charge in [-0.05, 0) is 46.4 Å². The third-order valence-corrected chi connectivity index (χ3v) is 4.66. The summed E-state index contributed by atoms with van der Waals surface area (Å²) in [6.45, 7) is 10.6. The maximum Gasteiger partial charge on any atom is 0.248 e. The fraction of sp³-hybridized carbons (Fsp3) is 0.231. The predicted molar refractivity (Wildman–Crippen MR) is 121 cm³/mol. The van der Waals surface area contributed by atoms with Crippen molar-refractivity contribution in [2.24, 2.45) is 0 Å². The van der Waals surface area contributed by atoms with Crippen molar-refractivity contribution in [2.75, 3.05) is 0 Å². The summed E-state index contributed by atoms with van der Waals surface area (Å²) in [7, 11) is 0. The van der Waals surface area contributed by atoms with E-state index in [0.717, 1.165) is 16.7 Å². The zero-order valence-electron chi connectivity index (χ0n) is 17.8. The number of rotatable bonds is 3. The van der Waals surface area contributed by atoms with Gasteiger partial charge in [-0.25, -0.2) is 0 Å². The Morgan fingerprint density at radius 2 is 0.966 bits per heavy atom. The van der Waals surface area contributed by atoms with E-state index in [1.807, 2.05) is 56.3 Å². The maximum atomic E-state index is 5.90. The van der Waals surface area contributed by atoms with Crippen molar-refractivity contribution in [1.82, 2.24) is 10.2 Å².